The largest absolute Gasteiger partial charge is 0.493 e. The number of hydrogen-bond donors (Lipinski definition) is 0. The number of Topliss-reactive ketones (excluding diaryl/α,β-unsaturated/α-hetero) is 1. The first-order valence-corrected chi connectivity index (χ1v) is 11.5. The van der Waals surface area contributed by atoms with E-state index >= 15 is 0 Å². The number of likely N-dealkylation sites (N-methyl/N-ethyl adjacent to an activating group) is 1. The van der Waals surface area contributed by atoms with Gasteiger partial charge in [0.15, 0.2) is 23.4 Å². The average molecular weight is 414 g/mol. The van der Waals surface area contributed by atoms with Gasteiger partial charge in [0.1, 0.15) is 0 Å². The number of benzene rings is 2. The lowest BCUT2D eigenvalue weighted by atomic mass is 9.40. The molecule has 2 aromatic carbocycles. The van der Waals surface area contributed by atoms with E-state index in [2.05, 4.69) is 54.4 Å². The number of ketones is 1. The van der Waals surface area contributed by atoms with E-state index in [1.54, 1.807) is 7.11 Å². The number of carbonyl (C=O) groups excluding carboxylic acids is 1. The van der Waals surface area contributed by atoms with Crippen LogP contribution in [0.5, 0.6) is 11.5 Å². The first-order chi connectivity index (χ1) is 15.1. The topological polar surface area (TPSA) is 38.8 Å². The van der Waals surface area contributed by atoms with Crippen LogP contribution in [0.1, 0.15) is 36.0 Å². The number of piperidine rings is 1. The number of likely N-dealkylation sites (tertiary alicyclic amines) is 1. The second-order valence-electron chi connectivity index (χ2n) is 10.0. The van der Waals surface area contributed by atoms with Crippen molar-refractivity contribution >= 4 is 11.4 Å². The van der Waals surface area contributed by atoms with E-state index in [4.69, 9.17) is 9.47 Å². The highest BCUT2D eigenvalue weighted by atomic mass is 16.5. The third-order valence-corrected chi connectivity index (χ3v) is 9.25. The number of allylic oxidation sites excluding steroid dienone is 2. The van der Waals surface area contributed by atoms with E-state index in [1.807, 2.05) is 6.07 Å². The molecule has 1 saturated carbocycles. The molecule has 2 spiro atoms. The average Bonchev–Trinajstić information content (AvgIpc) is 3.33. The van der Waals surface area contributed by atoms with Crippen molar-refractivity contribution in [2.24, 2.45) is 11.3 Å². The van der Waals surface area contributed by atoms with Gasteiger partial charge in [-0.05, 0) is 61.5 Å². The van der Waals surface area contributed by atoms with E-state index < -0.39 is 0 Å². The van der Waals surface area contributed by atoms with Crippen LogP contribution in [0.15, 0.2) is 48.5 Å². The molecule has 0 N–H and O–H groups in total. The van der Waals surface area contributed by atoms with Crippen molar-refractivity contribution in [1.29, 1.82) is 0 Å². The Balaban J connectivity index is 1.51. The molecule has 0 amide bonds. The molecule has 7 rings (SSSR count). The summed E-state index contributed by atoms with van der Waals surface area (Å²) in [6, 6.07) is 15.4. The molecule has 2 fully saturated rings. The highest BCUT2D eigenvalue weighted by Crippen LogP contribution is 2.74. The summed E-state index contributed by atoms with van der Waals surface area (Å²) in [6.45, 7) is 1.00. The van der Waals surface area contributed by atoms with E-state index in [1.165, 1.54) is 22.3 Å². The molecular formula is C27H27NO3. The zero-order chi connectivity index (χ0) is 21.0. The van der Waals surface area contributed by atoms with Crippen molar-refractivity contribution in [3.63, 3.8) is 0 Å². The SMILES string of the molecule is COc1ccc2c3c1O[C@H]1C(=O)C[C@@H]4C(c5ccccc5)=CC[C@@]45[C@@H](C2)N(C)CC[C@]315. The van der Waals surface area contributed by atoms with Gasteiger partial charge in [-0.3, -0.25) is 4.79 Å². The van der Waals surface area contributed by atoms with E-state index in [0.717, 1.165) is 37.3 Å². The summed E-state index contributed by atoms with van der Waals surface area (Å²) in [4.78, 5) is 16.3. The van der Waals surface area contributed by atoms with Crippen LogP contribution < -0.4 is 9.47 Å². The van der Waals surface area contributed by atoms with Gasteiger partial charge < -0.3 is 14.4 Å². The van der Waals surface area contributed by atoms with Gasteiger partial charge in [0.25, 0.3) is 0 Å². The van der Waals surface area contributed by atoms with Crippen LogP contribution in [0.25, 0.3) is 5.57 Å². The highest BCUT2D eigenvalue weighted by Gasteiger charge is 2.76. The summed E-state index contributed by atoms with van der Waals surface area (Å²) in [5, 5.41) is 0. The Hall–Kier alpha value is -2.59. The minimum absolute atomic E-state index is 0.00559. The molecule has 0 unspecified atom stereocenters. The Kier molecular flexibility index (Phi) is 3.37. The molecule has 2 bridgehead atoms. The van der Waals surface area contributed by atoms with E-state index in [9.17, 15) is 4.79 Å². The Labute approximate surface area is 182 Å². The monoisotopic (exact) mass is 413 g/mol. The summed E-state index contributed by atoms with van der Waals surface area (Å²) in [7, 11) is 3.98. The minimum Gasteiger partial charge on any atom is -0.493 e. The number of carbonyl (C=O) groups is 1. The summed E-state index contributed by atoms with van der Waals surface area (Å²) >= 11 is 0. The van der Waals surface area contributed by atoms with Gasteiger partial charge >= 0.3 is 0 Å². The van der Waals surface area contributed by atoms with Crippen molar-refractivity contribution in [2.45, 2.75) is 43.2 Å². The van der Waals surface area contributed by atoms with Crippen molar-refractivity contribution in [1.82, 2.24) is 4.90 Å². The molecule has 158 valence electrons. The molecule has 4 heteroatoms. The fraction of sp³-hybridized carbons (Fsp3) is 0.444. The lowest BCUT2D eigenvalue weighted by Gasteiger charge is -2.66. The third-order valence-electron chi connectivity index (χ3n) is 9.25. The lowest BCUT2D eigenvalue weighted by Crippen LogP contribution is -2.73. The van der Waals surface area contributed by atoms with Crippen molar-refractivity contribution in [3.05, 3.63) is 65.2 Å². The molecular weight excluding hydrogens is 386 g/mol. The molecule has 0 radical (unpaired) electrons. The Bertz CT molecular complexity index is 1150. The molecule has 2 aliphatic heterocycles. The number of methoxy groups -OCH3 is 1. The standard InChI is InChI=1S/C27H27NO3/c1-28-13-12-27-23-17-8-9-21(30-2)24(23)31-25(27)20(29)15-19-18(16-6-4-3-5-7-16)10-11-26(19,27)22(28)14-17/h3-10,19,22,25H,11-15H2,1-2H3/t19-,22-,25+,26+,27+/m1/s1. The first kappa shape index (κ1) is 18.0. The predicted octanol–water partition coefficient (Wildman–Crippen LogP) is 4.02. The molecule has 31 heavy (non-hydrogen) atoms. The maximum absolute atomic E-state index is 13.7. The van der Waals surface area contributed by atoms with Crippen LogP contribution >= 0.6 is 0 Å². The van der Waals surface area contributed by atoms with Crippen molar-refractivity contribution in [3.8, 4) is 11.5 Å². The Morgan fingerprint density at radius 3 is 2.77 bits per heavy atom. The fourth-order valence-electron chi connectivity index (χ4n) is 8.19. The quantitative estimate of drug-likeness (QED) is 0.746. The van der Waals surface area contributed by atoms with Crippen molar-refractivity contribution in [2.75, 3.05) is 20.7 Å². The molecule has 0 aromatic heterocycles. The maximum Gasteiger partial charge on any atom is 0.174 e. The Morgan fingerprint density at radius 1 is 1.13 bits per heavy atom. The number of nitrogens with zero attached hydrogens (tertiary/aromatic N) is 1. The van der Waals surface area contributed by atoms with Gasteiger partial charge in [-0.15, -0.1) is 0 Å². The van der Waals surface area contributed by atoms with Gasteiger partial charge in [0.05, 0.1) is 12.5 Å². The summed E-state index contributed by atoms with van der Waals surface area (Å²) < 4.78 is 12.3. The zero-order valence-corrected chi connectivity index (χ0v) is 18.1. The van der Waals surface area contributed by atoms with Gasteiger partial charge in [-0.1, -0.05) is 42.5 Å². The minimum atomic E-state index is -0.381. The summed E-state index contributed by atoms with van der Waals surface area (Å²) in [5.74, 6) is 2.11. The predicted molar refractivity (Wildman–Crippen MR) is 118 cm³/mol. The molecule has 4 nitrogen and oxygen atoms in total. The van der Waals surface area contributed by atoms with Crippen LogP contribution in [-0.4, -0.2) is 43.5 Å². The molecule has 1 saturated heterocycles. The number of rotatable bonds is 2. The van der Waals surface area contributed by atoms with Gasteiger partial charge in [-0.2, -0.15) is 0 Å². The van der Waals surface area contributed by atoms with Crippen LogP contribution in [0.2, 0.25) is 0 Å². The normalized spacial score (nSPS) is 37.0. The van der Waals surface area contributed by atoms with E-state index in [-0.39, 0.29) is 28.6 Å². The molecule has 2 heterocycles. The fourth-order valence-corrected chi connectivity index (χ4v) is 8.19. The Morgan fingerprint density at radius 2 is 1.97 bits per heavy atom. The smallest absolute Gasteiger partial charge is 0.174 e. The van der Waals surface area contributed by atoms with Crippen LogP contribution in [0.3, 0.4) is 0 Å². The summed E-state index contributed by atoms with van der Waals surface area (Å²) in [5.41, 5.74) is 5.02. The summed E-state index contributed by atoms with van der Waals surface area (Å²) in [6.07, 6.45) is 5.64. The van der Waals surface area contributed by atoms with E-state index in [0.29, 0.717) is 12.5 Å². The second-order valence-corrected chi connectivity index (χ2v) is 10.0. The third kappa shape index (κ3) is 1.87. The number of ether oxygens (including phenoxy) is 2. The van der Waals surface area contributed by atoms with Gasteiger partial charge in [0.2, 0.25) is 0 Å². The van der Waals surface area contributed by atoms with Crippen molar-refractivity contribution < 1.29 is 14.3 Å². The zero-order valence-electron chi connectivity index (χ0n) is 18.1. The van der Waals surface area contributed by atoms with Crippen LogP contribution in [0.4, 0.5) is 0 Å². The molecule has 2 aromatic rings. The highest BCUT2D eigenvalue weighted by molar-refractivity contribution is 5.93. The molecule has 5 atom stereocenters. The van der Waals surface area contributed by atoms with Gasteiger partial charge in [0, 0.05) is 23.4 Å². The maximum atomic E-state index is 13.7. The molecule has 3 aliphatic carbocycles. The number of hydrogen-bond acceptors (Lipinski definition) is 4. The van der Waals surface area contributed by atoms with Crippen LogP contribution in [0, 0.1) is 11.3 Å². The van der Waals surface area contributed by atoms with Crippen LogP contribution in [-0.2, 0) is 16.6 Å². The lowest BCUT2D eigenvalue weighted by molar-refractivity contribution is -0.159. The van der Waals surface area contributed by atoms with Gasteiger partial charge in [-0.25, -0.2) is 0 Å². The molecule has 5 aliphatic rings. The second kappa shape index (κ2) is 5.80. The first-order valence-electron chi connectivity index (χ1n) is 11.5.